The normalized spacial score (nSPS) is 30.2. The molecule has 0 spiro atoms. The van der Waals surface area contributed by atoms with Crippen LogP contribution < -0.4 is 5.73 Å². The van der Waals surface area contributed by atoms with Gasteiger partial charge in [-0.1, -0.05) is 0 Å². The topological polar surface area (TPSA) is 35.2 Å². The number of ether oxygens (including phenoxy) is 1. The van der Waals surface area contributed by atoms with E-state index in [1.54, 1.807) is 0 Å². The number of halogens is 3. The SMILES string of the molecule is COC(C1CCC(CN)CC1)C(F)(F)F. The maximum Gasteiger partial charge on any atom is 0.414 e. The van der Waals surface area contributed by atoms with Gasteiger partial charge >= 0.3 is 6.18 Å². The Morgan fingerprint density at radius 2 is 1.80 bits per heavy atom. The third-order valence-corrected chi connectivity index (χ3v) is 3.23. The number of nitrogens with two attached hydrogens (primary N) is 1. The third kappa shape index (κ3) is 3.34. The molecule has 1 unspecified atom stereocenters. The molecule has 2 N–H and O–H groups in total. The summed E-state index contributed by atoms with van der Waals surface area (Å²) in [4.78, 5) is 0. The molecule has 1 atom stereocenters. The first-order valence-corrected chi connectivity index (χ1v) is 5.28. The first kappa shape index (κ1) is 12.8. The summed E-state index contributed by atoms with van der Waals surface area (Å²) in [7, 11) is 1.13. The Bertz CT molecular complexity index is 188. The average Bonchev–Trinajstić information content (AvgIpc) is 2.18. The molecule has 5 heteroatoms. The molecule has 0 aliphatic heterocycles. The van der Waals surface area contributed by atoms with Crippen molar-refractivity contribution in [2.45, 2.75) is 38.0 Å². The van der Waals surface area contributed by atoms with Crippen LogP contribution >= 0.6 is 0 Å². The Morgan fingerprint density at radius 3 is 2.13 bits per heavy atom. The van der Waals surface area contributed by atoms with Crippen molar-refractivity contribution in [3.05, 3.63) is 0 Å². The zero-order chi connectivity index (χ0) is 11.5. The molecule has 0 bridgehead atoms. The fourth-order valence-electron chi connectivity index (χ4n) is 2.32. The van der Waals surface area contributed by atoms with E-state index in [4.69, 9.17) is 5.73 Å². The minimum Gasteiger partial charge on any atom is -0.372 e. The van der Waals surface area contributed by atoms with Gasteiger partial charge in [0.2, 0.25) is 0 Å². The average molecular weight is 225 g/mol. The van der Waals surface area contributed by atoms with Gasteiger partial charge in [0.25, 0.3) is 0 Å². The van der Waals surface area contributed by atoms with Crippen molar-refractivity contribution in [1.29, 1.82) is 0 Å². The van der Waals surface area contributed by atoms with E-state index < -0.39 is 18.2 Å². The highest BCUT2D eigenvalue weighted by Crippen LogP contribution is 2.37. The van der Waals surface area contributed by atoms with Crippen LogP contribution in [0.5, 0.6) is 0 Å². The van der Waals surface area contributed by atoms with Gasteiger partial charge in [-0.3, -0.25) is 0 Å². The van der Waals surface area contributed by atoms with E-state index in [1.165, 1.54) is 0 Å². The van der Waals surface area contributed by atoms with E-state index in [0.29, 0.717) is 25.3 Å². The minimum absolute atomic E-state index is 0.391. The molecule has 0 saturated heterocycles. The molecular weight excluding hydrogens is 207 g/mol. The zero-order valence-corrected chi connectivity index (χ0v) is 8.89. The zero-order valence-electron chi connectivity index (χ0n) is 8.89. The van der Waals surface area contributed by atoms with Crippen molar-refractivity contribution in [1.82, 2.24) is 0 Å². The largest absolute Gasteiger partial charge is 0.414 e. The molecular formula is C10H18F3NO. The molecule has 1 aliphatic rings. The standard InChI is InChI=1S/C10H18F3NO/c1-15-9(10(11,12)13)8-4-2-7(6-14)3-5-8/h7-9H,2-6,14H2,1H3. The molecule has 90 valence electrons. The van der Waals surface area contributed by atoms with Gasteiger partial charge in [-0.25, -0.2) is 0 Å². The molecule has 15 heavy (non-hydrogen) atoms. The lowest BCUT2D eigenvalue weighted by atomic mass is 9.79. The Kier molecular flexibility index (Phi) is 4.40. The highest BCUT2D eigenvalue weighted by atomic mass is 19.4. The van der Waals surface area contributed by atoms with Crippen LogP contribution in [0.25, 0.3) is 0 Å². The fourth-order valence-corrected chi connectivity index (χ4v) is 2.32. The van der Waals surface area contributed by atoms with Crippen molar-refractivity contribution in [2.75, 3.05) is 13.7 Å². The molecule has 1 fully saturated rings. The van der Waals surface area contributed by atoms with Gasteiger partial charge in [-0.15, -0.1) is 0 Å². The van der Waals surface area contributed by atoms with E-state index in [0.717, 1.165) is 20.0 Å². The summed E-state index contributed by atoms with van der Waals surface area (Å²) < 4.78 is 42.2. The highest BCUT2D eigenvalue weighted by molar-refractivity contribution is 4.82. The van der Waals surface area contributed by atoms with Gasteiger partial charge in [-0.2, -0.15) is 13.2 Å². The van der Waals surface area contributed by atoms with E-state index >= 15 is 0 Å². The van der Waals surface area contributed by atoms with Crippen molar-refractivity contribution < 1.29 is 17.9 Å². The lowest BCUT2D eigenvalue weighted by molar-refractivity contribution is -0.231. The molecule has 1 aliphatic carbocycles. The van der Waals surface area contributed by atoms with Crippen LogP contribution in [-0.2, 0) is 4.74 Å². The summed E-state index contributed by atoms with van der Waals surface area (Å²) in [5.41, 5.74) is 5.49. The van der Waals surface area contributed by atoms with Crippen molar-refractivity contribution in [2.24, 2.45) is 17.6 Å². The molecule has 0 aromatic rings. The highest BCUT2D eigenvalue weighted by Gasteiger charge is 2.45. The van der Waals surface area contributed by atoms with Crippen molar-refractivity contribution in [3.8, 4) is 0 Å². The monoisotopic (exact) mass is 225 g/mol. The lowest BCUT2D eigenvalue weighted by Crippen LogP contribution is -2.40. The summed E-state index contributed by atoms with van der Waals surface area (Å²) in [5, 5.41) is 0. The predicted molar refractivity (Wildman–Crippen MR) is 51.4 cm³/mol. The van der Waals surface area contributed by atoms with Crippen LogP contribution in [0, 0.1) is 11.8 Å². The van der Waals surface area contributed by atoms with E-state index in [-0.39, 0.29) is 0 Å². The summed E-state index contributed by atoms with van der Waals surface area (Å²) in [5.74, 6) is 0.00443. The number of hydrogen-bond acceptors (Lipinski definition) is 2. The van der Waals surface area contributed by atoms with Gasteiger partial charge in [-0.05, 0) is 44.1 Å². The number of alkyl halides is 3. The number of hydrogen-bond donors (Lipinski definition) is 1. The number of rotatable bonds is 3. The van der Waals surface area contributed by atoms with Crippen LogP contribution in [0.3, 0.4) is 0 Å². The minimum atomic E-state index is -4.24. The second-order valence-corrected chi connectivity index (χ2v) is 4.21. The molecule has 2 nitrogen and oxygen atoms in total. The summed E-state index contributed by atoms with van der Waals surface area (Å²) in [6, 6.07) is 0. The van der Waals surface area contributed by atoms with E-state index in [1.807, 2.05) is 0 Å². The molecule has 0 aromatic heterocycles. The smallest absolute Gasteiger partial charge is 0.372 e. The second-order valence-electron chi connectivity index (χ2n) is 4.21. The van der Waals surface area contributed by atoms with E-state index in [9.17, 15) is 13.2 Å². The summed E-state index contributed by atoms with van der Waals surface area (Å²) in [6.07, 6.45) is -3.13. The molecule has 1 rings (SSSR count). The lowest BCUT2D eigenvalue weighted by Gasteiger charge is -2.33. The van der Waals surface area contributed by atoms with Crippen LogP contribution in [-0.4, -0.2) is 25.9 Å². The number of methoxy groups -OCH3 is 1. The summed E-state index contributed by atoms with van der Waals surface area (Å²) in [6.45, 7) is 0.580. The van der Waals surface area contributed by atoms with Gasteiger partial charge in [0.15, 0.2) is 6.10 Å². The molecule has 0 heterocycles. The first-order chi connectivity index (χ1) is 6.99. The van der Waals surface area contributed by atoms with Gasteiger partial charge in [0.05, 0.1) is 0 Å². The second kappa shape index (κ2) is 5.16. The van der Waals surface area contributed by atoms with Crippen molar-refractivity contribution in [3.63, 3.8) is 0 Å². The quantitative estimate of drug-likeness (QED) is 0.800. The fraction of sp³-hybridized carbons (Fsp3) is 1.00. The predicted octanol–water partition coefficient (Wildman–Crippen LogP) is 2.33. The van der Waals surface area contributed by atoms with E-state index in [2.05, 4.69) is 4.74 Å². The van der Waals surface area contributed by atoms with Crippen LogP contribution in [0.4, 0.5) is 13.2 Å². The van der Waals surface area contributed by atoms with Crippen LogP contribution in [0.2, 0.25) is 0 Å². The van der Waals surface area contributed by atoms with Crippen LogP contribution in [0.1, 0.15) is 25.7 Å². The maximum absolute atomic E-state index is 12.5. The molecule has 0 amide bonds. The van der Waals surface area contributed by atoms with Crippen LogP contribution in [0.15, 0.2) is 0 Å². The first-order valence-electron chi connectivity index (χ1n) is 5.28. The summed E-state index contributed by atoms with van der Waals surface area (Å²) >= 11 is 0. The Balaban J connectivity index is 2.50. The Morgan fingerprint density at radius 1 is 1.27 bits per heavy atom. The third-order valence-electron chi connectivity index (χ3n) is 3.23. The van der Waals surface area contributed by atoms with Gasteiger partial charge in [0.1, 0.15) is 0 Å². The van der Waals surface area contributed by atoms with Gasteiger partial charge < -0.3 is 10.5 Å². The molecule has 0 aromatic carbocycles. The van der Waals surface area contributed by atoms with Crippen molar-refractivity contribution >= 4 is 0 Å². The molecule has 1 saturated carbocycles. The Labute approximate surface area is 88.0 Å². The molecule has 0 radical (unpaired) electrons. The Hall–Kier alpha value is -0.290. The van der Waals surface area contributed by atoms with Gasteiger partial charge in [0, 0.05) is 7.11 Å². The maximum atomic E-state index is 12.5.